The van der Waals surface area contributed by atoms with Crippen LogP contribution in [0.15, 0.2) is 36.4 Å². The molecular weight excluding hydrogens is 1110 g/mol. The minimum absolute atomic E-state index is 0.0627. The Labute approximate surface area is 479 Å². The van der Waals surface area contributed by atoms with Crippen molar-refractivity contribution in [3.8, 4) is 0 Å². The van der Waals surface area contributed by atoms with Crippen LogP contribution in [0, 0.1) is 52.3 Å². The molecular formula is C50H80N10O23. The SMILES string of the molecule is COC(=O)CNC(=O)[C@@H](C)CCC(=O)NCCCOCCOCCOCCCNc1ccc([N+](=O)[O-])cc1[N+](=O)[O-].COC(=O)CNC(=O)[C@@H](C)CCC(=O)O.NCCCOCCOCCOCCCNc1ccc([N+](=O)[O-])cc1[N+](=O)[O-]. The molecule has 2 rings (SSSR count). The van der Waals surface area contributed by atoms with Crippen molar-refractivity contribution in [3.05, 3.63) is 76.9 Å². The minimum atomic E-state index is -0.942. The molecule has 83 heavy (non-hydrogen) atoms. The molecule has 2 atom stereocenters. The molecule has 0 aliphatic rings. The molecule has 0 heterocycles. The summed E-state index contributed by atoms with van der Waals surface area (Å²) >= 11 is 0. The topological polar surface area (TPSA) is 455 Å². The number of nitrogens with two attached hydrogens (primary N) is 1. The molecule has 0 bridgehead atoms. The van der Waals surface area contributed by atoms with Crippen LogP contribution in [0.25, 0.3) is 0 Å². The minimum Gasteiger partial charge on any atom is -0.481 e. The van der Waals surface area contributed by atoms with E-state index >= 15 is 0 Å². The number of non-ortho nitro benzene ring substituents is 2. The Balaban J connectivity index is 0.00000136. The number of carboxylic acids is 1. The number of nitro groups is 4. The summed E-state index contributed by atoms with van der Waals surface area (Å²) in [7, 11) is 2.46. The summed E-state index contributed by atoms with van der Waals surface area (Å²) in [5, 5.41) is 65.4. The van der Waals surface area contributed by atoms with Crippen LogP contribution in [0.2, 0.25) is 0 Å². The van der Waals surface area contributed by atoms with Crippen molar-refractivity contribution in [1.82, 2.24) is 16.0 Å². The van der Waals surface area contributed by atoms with E-state index in [0.29, 0.717) is 131 Å². The summed E-state index contributed by atoms with van der Waals surface area (Å²) in [6.07, 6.45) is 3.40. The Morgan fingerprint density at radius 3 is 1.19 bits per heavy atom. The molecule has 2 aromatic carbocycles. The Bertz CT molecular complexity index is 2280. The van der Waals surface area contributed by atoms with E-state index in [0.717, 1.165) is 18.6 Å². The molecule has 0 unspecified atom stereocenters. The Morgan fingerprint density at radius 2 is 0.855 bits per heavy atom. The third-order valence-electron chi connectivity index (χ3n) is 10.9. The Morgan fingerprint density at radius 1 is 0.506 bits per heavy atom. The van der Waals surface area contributed by atoms with Crippen LogP contribution in [-0.4, -0.2) is 193 Å². The summed E-state index contributed by atoms with van der Waals surface area (Å²) in [6, 6.07) is 6.94. The monoisotopic (exact) mass is 1190 g/mol. The fraction of sp³-hybridized carbons (Fsp3) is 0.640. The largest absolute Gasteiger partial charge is 0.481 e. The molecule has 3 amide bonds. The number of anilines is 2. The molecule has 0 saturated heterocycles. The van der Waals surface area contributed by atoms with Crippen molar-refractivity contribution in [2.24, 2.45) is 17.6 Å². The number of carboxylic acid groups (broad SMARTS) is 1. The number of methoxy groups -OCH3 is 2. The molecule has 2 aromatic rings. The van der Waals surface area contributed by atoms with Gasteiger partial charge in [0.2, 0.25) is 17.7 Å². The number of benzene rings is 2. The predicted molar refractivity (Wildman–Crippen MR) is 296 cm³/mol. The standard InChI is InChI=1S/C25H39N5O11.C16H26N4O7.C9H15NO5/c1-19(25(33)28-18-24(32)38-2)5-8-23(31)27-10-4-12-40-14-16-41-15-13-39-11-3-9-26-21-7-6-20(29(34)35)17-22(21)30(36)37;17-5-1-7-25-9-11-27-12-10-26-8-2-6-18-15-4-3-14(19(21)22)13-16(15)20(23)24;1-6(3-4-7(11)12)9(14)10-5-8(13)15-2/h6-7,17,19,26H,3-5,8-16,18H2,1-2H3,(H,27,31)(H,28,33);3-4,13,18H,1-2,5-12,17H2;6H,3-5H2,1-2H3,(H,10,14)(H,11,12)/t19-;;6-/m0.0/s1. The van der Waals surface area contributed by atoms with E-state index in [1.54, 1.807) is 13.8 Å². The first-order chi connectivity index (χ1) is 39.7. The number of nitro benzene ring substituents is 4. The zero-order chi connectivity index (χ0) is 62.2. The average molecular weight is 1190 g/mol. The van der Waals surface area contributed by atoms with Gasteiger partial charge in [-0.15, -0.1) is 0 Å². The highest BCUT2D eigenvalue weighted by Gasteiger charge is 2.21. The van der Waals surface area contributed by atoms with Gasteiger partial charge >= 0.3 is 17.9 Å². The molecule has 33 nitrogen and oxygen atoms in total. The maximum Gasteiger partial charge on any atom is 0.325 e. The molecule has 33 heteroatoms. The van der Waals surface area contributed by atoms with Crippen LogP contribution in [0.5, 0.6) is 0 Å². The molecule has 8 N–H and O–H groups in total. The van der Waals surface area contributed by atoms with Gasteiger partial charge in [0.25, 0.3) is 22.7 Å². The molecule has 0 aromatic heterocycles. The molecule has 0 spiro atoms. The number of nitrogens with zero attached hydrogens (tertiary/aromatic N) is 4. The summed E-state index contributed by atoms with van der Waals surface area (Å²) in [6.45, 7) is 10.2. The number of hydrogen-bond acceptors (Lipinski definition) is 25. The fourth-order valence-electron chi connectivity index (χ4n) is 6.18. The lowest BCUT2D eigenvalue weighted by Crippen LogP contribution is -2.34. The number of ether oxygens (including phenoxy) is 8. The van der Waals surface area contributed by atoms with E-state index in [-0.39, 0.29) is 84.2 Å². The van der Waals surface area contributed by atoms with Gasteiger partial charge in [-0.05, 0) is 57.2 Å². The lowest BCUT2D eigenvalue weighted by molar-refractivity contribution is -0.393. The van der Waals surface area contributed by atoms with Crippen LogP contribution in [0.4, 0.5) is 34.1 Å². The highest BCUT2D eigenvalue weighted by molar-refractivity contribution is 5.84. The third-order valence-corrected chi connectivity index (χ3v) is 10.9. The van der Waals surface area contributed by atoms with Crippen LogP contribution in [0.1, 0.15) is 65.2 Å². The van der Waals surface area contributed by atoms with Crippen molar-refractivity contribution >= 4 is 69.8 Å². The van der Waals surface area contributed by atoms with Gasteiger partial charge in [-0.25, -0.2) is 0 Å². The highest BCUT2D eigenvalue weighted by Crippen LogP contribution is 2.30. The van der Waals surface area contributed by atoms with Gasteiger partial charge in [0.15, 0.2) is 0 Å². The van der Waals surface area contributed by atoms with Gasteiger partial charge < -0.3 is 75.3 Å². The smallest absolute Gasteiger partial charge is 0.325 e. The second kappa shape index (κ2) is 47.8. The van der Waals surface area contributed by atoms with Crippen molar-refractivity contribution < 1.29 is 91.5 Å². The normalized spacial score (nSPS) is 11.2. The van der Waals surface area contributed by atoms with E-state index in [2.05, 4.69) is 36.1 Å². The van der Waals surface area contributed by atoms with Gasteiger partial charge in [-0.3, -0.25) is 69.2 Å². The summed E-state index contributed by atoms with van der Waals surface area (Å²) in [5.74, 6) is -3.66. The molecule has 468 valence electrons. The lowest BCUT2D eigenvalue weighted by Gasteiger charge is -2.11. The molecule has 0 fully saturated rings. The van der Waals surface area contributed by atoms with Gasteiger partial charge in [-0.1, -0.05) is 13.8 Å². The van der Waals surface area contributed by atoms with Gasteiger partial charge in [0.1, 0.15) is 24.5 Å². The van der Waals surface area contributed by atoms with E-state index < -0.39 is 49.4 Å². The zero-order valence-electron chi connectivity index (χ0n) is 47.3. The molecule has 0 saturated carbocycles. The zero-order valence-corrected chi connectivity index (χ0v) is 47.3. The van der Waals surface area contributed by atoms with Crippen LogP contribution >= 0.6 is 0 Å². The first-order valence-electron chi connectivity index (χ1n) is 26.4. The first kappa shape index (κ1) is 75.2. The van der Waals surface area contributed by atoms with Crippen molar-refractivity contribution in [2.45, 2.75) is 65.2 Å². The molecule has 0 radical (unpaired) electrons. The van der Waals surface area contributed by atoms with E-state index in [4.69, 9.17) is 39.3 Å². The van der Waals surface area contributed by atoms with E-state index in [1.807, 2.05) is 0 Å². The van der Waals surface area contributed by atoms with Gasteiger partial charge in [-0.2, -0.15) is 0 Å². The summed E-state index contributed by atoms with van der Waals surface area (Å²) in [5.41, 5.74) is 4.44. The number of amides is 3. The number of hydrogen-bond donors (Lipinski definition) is 7. The van der Waals surface area contributed by atoms with E-state index in [9.17, 15) is 69.2 Å². The summed E-state index contributed by atoms with van der Waals surface area (Å²) in [4.78, 5) is 108. The van der Waals surface area contributed by atoms with Gasteiger partial charge in [0.05, 0.1) is 98.9 Å². The maximum absolute atomic E-state index is 11.9. The van der Waals surface area contributed by atoms with Crippen molar-refractivity contribution in [1.29, 1.82) is 0 Å². The number of carbonyl (C=O) groups is 6. The Kier molecular flexibility index (Phi) is 43.3. The highest BCUT2D eigenvalue weighted by atomic mass is 16.6. The quantitative estimate of drug-likeness (QED) is 0.0217. The summed E-state index contributed by atoms with van der Waals surface area (Å²) < 4.78 is 41.1. The van der Waals surface area contributed by atoms with Crippen LogP contribution in [0.3, 0.4) is 0 Å². The predicted octanol–water partition coefficient (Wildman–Crippen LogP) is 3.05. The van der Waals surface area contributed by atoms with Crippen LogP contribution < -0.4 is 32.3 Å². The number of nitrogens with one attached hydrogen (secondary N) is 5. The molecule has 0 aliphatic carbocycles. The average Bonchev–Trinajstić information content (AvgIpc) is 3.53. The van der Waals surface area contributed by atoms with Gasteiger partial charge in [0, 0.05) is 82.9 Å². The maximum atomic E-state index is 11.9. The molecule has 0 aliphatic heterocycles. The lowest BCUT2D eigenvalue weighted by atomic mass is 10.0. The van der Waals surface area contributed by atoms with Crippen molar-refractivity contribution in [3.63, 3.8) is 0 Å². The number of aliphatic carboxylic acids is 1. The number of rotatable bonds is 45. The second-order valence-corrected chi connectivity index (χ2v) is 17.4. The van der Waals surface area contributed by atoms with E-state index in [1.165, 1.54) is 38.5 Å². The van der Waals surface area contributed by atoms with Crippen molar-refractivity contribution in [2.75, 3.05) is 143 Å². The first-order valence-corrected chi connectivity index (χ1v) is 26.4. The van der Waals surface area contributed by atoms with Crippen LogP contribution in [-0.2, 0) is 66.7 Å². The fourth-order valence-corrected chi connectivity index (χ4v) is 6.18. The Hall–Kier alpha value is -7.82. The number of esters is 2. The second-order valence-electron chi connectivity index (χ2n) is 17.4. The third kappa shape index (κ3) is 39.3. The number of carbonyl (C=O) groups excluding carboxylic acids is 5.